The Balaban J connectivity index is 3.80. The van der Waals surface area contributed by atoms with Crippen molar-refractivity contribution < 1.29 is 9.90 Å². The molecule has 0 radical (unpaired) electrons. The normalized spacial score (nSPS) is 13.5. The molecule has 0 aromatic rings. The minimum atomic E-state index is -0.759. The highest BCUT2D eigenvalue weighted by atomic mass is 16.4. The van der Waals surface area contributed by atoms with Gasteiger partial charge in [-0.3, -0.25) is 9.69 Å². The predicted molar refractivity (Wildman–Crippen MR) is 43.7 cm³/mol. The van der Waals surface area contributed by atoms with E-state index in [-0.39, 0.29) is 6.04 Å². The molecule has 0 fully saturated rings. The number of carboxylic acid groups (broad SMARTS) is 1. The third kappa shape index (κ3) is 3.95. The monoisotopic (exact) mass is 160 g/mol. The van der Waals surface area contributed by atoms with Gasteiger partial charge in [0, 0.05) is 0 Å². The van der Waals surface area contributed by atoms with Gasteiger partial charge in [-0.05, 0) is 34.1 Å². The Morgan fingerprint density at radius 1 is 1.64 bits per heavy atom. The van der Waals surface area contributed by atoms with Crippen LogP contribution in [0.4, 0.5) is 0 Å². The van der Waals surface area contributed by atoms with Crippen LogP contribution in [-0.4, -0.2) is 49.7 Å². The lowest BCUT2D eigenvalue weighted by molar-refractivity contribution is -0.142. The Kier molecular flexibility index (Phi) is 4.81. The maximum atomic E-state index is 10.6. The zero-order chi connectivity index (χ0) is 8.85. The van der Waals surface area contributed by atoms with Crippen LogP contribution in [-0.2, 0) is 4.79 Å². The zero-order valence-corrected chi connectivity index (χ0v) is 7.29. The number of likely N-dealkylation sites (N-methyl/N-ethyl adjacent to an activating group) is 1. The van der Waals surface area contributed by atoms with E-state index in [1.54, 1.807) is 19.0 Å². The number of rotatable bonds is 5. The number of nitrogens with one attached hydrogen (secondary N) is 1. The lowest BCUT2D eigenvalue weighted by atomic mass is 10.2. The fourth-order valence-corrected chi connectivity index (χ4v) is 0.884. The average molecular weight is 160 g/mol. The summed E-state index contributed by atoms with van der Waals surface area (Å²) < 4.78 is 0. The standard InChI is InChI=1S/C7H16N2O2/c1-8-5-4-6(7(10)11)9(2)3/h6,8H,4-5H2,1-3H3,(H,10,11)/t6-/m1/s1. The lowest BCUT2D eigenvalue weighted by Gasteiger charge is -2.19. The van der Waals surface area contributed by atoms with E-state index in [2.05, 4.69) is 5.32 Å². The molecule has 1 atom stereocenters. The Bertz CT molecular complexity index is 126. The van der Waals surface area contributed by atoms with Gasteiger partial charge in [0.15, 0.2) is 0 Å². The van der Waals surface area contributed by atoms with Crippen molar-refractivity contribution >= 4 is 5.97 Å². The van der Waals surface area contributed by atoms with Crippen LogP contribution >= 0.6 is 0 Å². The van der Waals surface area contributed by atoms with Crippen LogP contribution in [0.25, 0.3) is 0 Å². The second-order valence-corrected chi connectivity index (χ2v) is 2.71. The van der Waals surface area contributed by atoms with Gasteiger partial charge in [-0.25, -0.2) is 0 Å². The molecule has 4 heteroatoms. The summed E-state index contributed by atoms with van der Waals surface area (Å²) >= 11 is 0. The minimum Gasteiger partial charge on any atom is -0.480 e. The molecule has 0 aliphatic carbocycles. The molecule has 0 aromatic heterocycles. The lowest BCUT2D eigenvalue weighted by Crippen LogP contribution is -2.37. The van der Waals surface area contributed by atoms with Crippen molar-refractivity contribution in [3.63, 3.8) is 0 Å². The number of hydrogen-bond donors (Lipinski definition) is 2. The Morgan fingerprint density at radius 2 is 2.18 bits per heavy atom. The van der Waals surface area contributed by atoms with Gasteiger partial charge in [-0.1, -0.05) is 0 Å². The average Bonchev–Trinajstić information content (AvgIpc) is 1.87. The largest absolute Gasteiger partial charge is 0.480 e. The fourth-order valence-electron chi connectivity index (χ4n) is 0.884. The predicted octanol–water partition coefficient (Wildman–Crippen LogP) is -0.389. The highest BCUT2D eigenvalue weighted by Crippen LogP contribution is 1.97. The van der Waals surface area contributed by atoms with E-state index in [9.17, 15) is 4.79 Å². The first-order valence-electron chi connectivity index (χ1n) is 3.63. The zero-order valence-electron chi connectivity index (χ0n) is 7.29. The van der Waals surface area contributed by atoms with Crippen LogP contribution in [0.5, 0.6) is 0 Å². The van der Waals surface area contributed by atoms with Crippen molar-refractivity contribution in [2.24, 2.45) is 0 Å². The van der Waals surface area contributed by atoms with Crippen LogP contribution in [0.1, 0.15) is 6.42 Å². The van der Waals surface area contributed by atoms with Crippen molar-refractivity contribution in [1.29, 1.82) is 0 Å². The molecule has 0 unspecified atom stereocenters. The molecule has 0 saturated heterocycles. The summed E-state index contributed by atoms with van der Waals surface area (Å²) in [7, 11) is 5.36. The van der Waals surface area contributed by atoms with Gasteiger partial charge in [0.05, 0.1) is 0 Å². The van der Waals surface area contributed by atoms with Crippen LogP contribution in [0.2, 0.25) is 0 Å². The van der Waals surface area contributed by atoms with Crippen LogP contribution in [0.15, 0.2) is 0 Å². The number of carbonyl (C=O) groups is 1. The first-order chi connectivity index (χ1) is 5.09. The van der Waals surface area contributed by atoms with E-state index in [4.69, 9.17) is 5.11 Å². The SMILES string of the molecule is CNCC[C@H](C(=O)O)N(C)C. The quantitative estimate of drug-likeness (QED) is 0.575. The van der Waals surface area contributed by atoms with Gasteiger partial charge in [0.1, 0.15) is 6.04 Å². The molecule has 2 N–H and O–H groups in total. The number of hydrogen-bond acceptors (Lipinski definition) is 3. The van der Waals surface area contributed by atoms with Crippen LogP contribution in [0.3, 0.4) is 0 Å². The van der Waals surface area contributed by atoms with Crippen molar-refractivity contribution in [3.8, 4) is 0 Å². The van der Waals surface area contributed by atoms with Crippen molar-refractivity contribution in [3.05, 3.63) is 0 Å². The van der Waals surface area contributed by atoms with Gasteiger partial charge in [-0.2, -0.15) is 0 Å². The molecule has 0 heterocycles. The molecule has 66 valence electrons. The second-order valence-electron chi connectivity index (χ2n) is 2.71. The van der Waals surface area contributed by atoms with Gasteiger partial charge < -0.3 is 10.4 Å². The van der Waals surface area contributed by atoms with Gasteiger partial charge >= 0.3 is 5.97 Å². The topological polar surface area (TPSA) is 52.6 Å². The molecule has 0 rings (SSSR count). The van der Waals surface area contributed by atoms with Crippen LogP contribution < -0.4 is 5.32 Å². The van der Waals surface area contributed by atoms with Gasteiger partial charge in [0.25, 0.3) is 0 Å². The molecule has 0 saturated carbocycles. The van der Waals surface area contributed by atoms with E-state index in [0.717, 1.165) is 6.54 Å². The fraction of sp³-hybridized carbons (Fsp3) is 0.857. The Morgan fingerprint density at radius 3 is 2.45 bits per heavy atom. The molecule has 11 heavy (non-hydrogen) atoms. The summed E-state index contributed by atoms with van der Waals surface area (Å²) in [5.74, 6) is -0.759. The highest BCUT2D eigenvalue weighted by molar-refractivity contribution is 5.73. The van der Waals surface area contributed by atoms with Crippen LogP contribution in [0, 0.1) is 0 Å². The van der Waals surface area contributed by atoms with E-state index in [1.165, 1.54) is 0 Å². The third-order valence-corrected chi connectivity index (χ3v) is 1.58. The maximum absolute atomic E-state index is 10.6. The Labute approximate surface area is 67.2 Å². The van der Waals surface area contributed by atoms with E-state index < -0.39 is 5.97 Å². The number of carboxylic acids is 1. The highest BCUT2D eigenvalue weighted by Gasteiger charge is 2.18. The molecule has 0 spiro atoms. The molecule has 4 nitrogen and oxygen atoms in total. The summed E-state index contributed by atoms with van der Waals surface area (Å²) in [6, 6.07) is -0.373. The van der Waals surface area contributed by atoms with Crippen molar-refractivity contribution in [2.75, 3.05) is 27.7 Å². The molecule has 0 aliphatic heterocycles. The van der Waals surface area contributed by atoms with E-state index >= 15 is 0 Å². The van der Waals surface area contributed by atoms with E-state index in [1.807, 2.05) is 7.05 Å². The summed E-state index contributed by atoms with van der Waals surface area (Å²) in [4.78, 5) is 12.3. The van der Waals surface area contributed by atoms with Gasteiger partial charge in [-0.15, -0.1) is 0 Å². The van der Waals surface area contributed by atoms with Gasteiger partial charge in [0.2, 0.25) is 0 Å². The summed E-state index contributed by atoms with van der Waals surface area (Å²) in [6.45, 7) is 0.731. The minimum absolute atomic E-state index is 0.373. The first kappa shape index (κ1) is 10.4. The maximum Gasteiger partial charge on any atom is 0.320 e. The molecule has 0 aromatic carbocycles. The molecule has 0 amide bonds. The van der Waals surface area contributed by atoms with E-state index in [0.29, 0.717) is 6.42 Å². The second kappa shape index (κ2) is 5.09. The first-order valence-corrected chi connectivity index (χ1v) is 3.63. The van der Waals surface area contributed by atoms with Crippen molar-refractivity contribution in [1.82, 2.24) is 10.2 Å². The number of nitrogens with zero attached hydrogens (tertiary/aromatic N) is 1. The number of aliphatic carboxylic acids is 1. The summed E-state index contributed by atoms with van der Waals surface area (Å²) in [5, 5.41) is 11.6. The van der Waals surface area contributed by atoms with Crippen molar-refractivity contribution in [2.45, 2.75) is 12.5 Å². The Hall–Kier alpha value is -0.610. The molecular weight excluding hydrogens is 144 g/mol. The smallest absolute Gasteiger partial charge is 0.320 e. The molecular formula is C7H16N2O2. The summed E-state index contributed by atoms with van der Waals surface area (Å²) in [5.41, 5.74) is 0. The molecule has 0 bridgehead atoms. The third-order valence-electron chi connectivity index (χ3n) is 1.58. The summed E-state index contributed by atoms with van der Waals surface area (Å²) in [6.07, 6.45) is 0.638. The molecule has 0 aliphatic rings.